The first-order chi connectivity index (χ1) is 37.0. The summed E-state index contributed by atoms with van der Waals surface area (Å²) in [4.78, 5) is 31.5. The summed E-state index contributed by atoms with van der Waals surface area (Å²) in [6.07, 6.45) is 0. The Bertz CT molecular complexity index is 4420. The molecule has 0 aliphatic carbocycles. The highest BCUT2D eigenvalue weighted by Gasteiger charge is 2.19. The van der Waals surface area contributed by atoms with Gasteiger partial charge in [-0.1, -0.05) is 182 Å². The van der Waals surface area contributed by atoms with E-state index in [1.165, 1.54) is 32.3 Å². The van der Waals surface area contributed by atoms with Gasteiger partial charge in [0.25, 0.3) is 0 Å². The summed E-state index contributed by atoms with van der Waals surface area (Å²) in [5.74, 6) is 1.40. The number of rotatable bonds is 8. The van der Waals surface area contributed by atoms with Gasteiger partial charge in [-0.15, -0.1) is 0 Å². The fourth-order valence-electron chi connectivity index (χ4n) is 10.6. The number of pyridine rings is 3. The Hall–Kier alpha value is -10.0. The summed E-state index contributed by atoms with van der Waals surface area (Å²) in [6, 6.07) is 87.4. The normalized spacial score (nSPS) is 11.5. The standard InChI is InChI=1S/C69H44N6/c1-43-36-50-18-7-9-21-58(50)66(70-43)47-32-28-46(29-33-47)54-39-55(61-42-51-19-6-8-20-57(51)59-22-10-11-23-60(59)61)41-56(40-54)67-73-68(64-26-12-24-62(71-64)52-34-30-44-14-2-4-16-48(44)37-52)75-69(74-67)65-27-13-25-63(72-65)53-35-31-45-15-3-5-17-49(45)38-53/h2-42H,1H3. The lowest BCUT2D eigenvalue weighted by molar-refractivity contribution is 1.05. The van der Waals surface area contributed by atoms with E-state index in [1.54, 1.807) is 0 Å². The number of aryl methyl sites for hydroxylation is 1. The smallest absolute Gasteiger partial charge is 0.182 e. The zero-order valence-electron chi connectivity index (χ0n) is 40.9. The minimum Gasteiger partial charge on any atom is -0.252 e. The number of nitrogens with zero attached hydrogens (tertiary/aromatic N) is 6. The molecule has 6 heteroatoms. The molecule has 10 aromatic carbocycles. The van der Waals surface area contributed by atoms with E-state index in [2.05, 4.69) is 219 Å². The summed E-state index contributed by atoms with van der Waals surface area (Å²) in [5, 5.41) is 11.7. The lowest BCUT2D eigenvalue weighted by atomic mass is 9.90. The van der Waals surface area contributed by atoms with Crippen molar-refractivity contribution in [3.8, 4) is 90.5 Å². The maximum absolute atomic E-state index is 5.35. The van der Waals surface area contributed by atoms with Crippen molar-refractivity contribution in [1.29, 1.82) is 0 Å². The molecular weight excluding hydrogens is 913 g/mol. The third-order valence-corrected chi connectivity index (χ3v) is 14.3. The van der Waals surface area contributed by atoms with Crippen LogP contribution >= 0.6 is 0 Å². The van der Waals surface area contributed by atoms with Crippen molar-refractivity contribution in [2.45, 2.75) is 6.92 Å². The van der Waals surface area contributed by atoms with Gasteiger partial charge in [0.2, 0.25) is 0 Å². The van der Waals surface area contributed by atoms with Crippen molar-refractivity contribution in [3.05, 3.63) is 254 Å². The van der Waals surface area contributed by atoms with Gasteiger partial charge < -0.3 is 0 Å². The van der Waals surface area contributed by atoms with Crippen LogP contribution in [0, 0.1) is 6.92 Å². The van der Waals surface area contributed by atoms with Crippen LogP contribution in [-0.2, 0) is 0 Å². The van der Waals surface area contributed by atoms with Gasteiger partial charge in [-0.25, -0.2) is 24.9 Å². The first-order valence-electron chi connectivity index (χ1n) is 25.2. The van der Waals surface area contributed by atoms with E-state index in [9.17, 15) is 0 Å². The average Bonchev–Trinajstić information content (AvgIpc) is 3.48. The minimum atomic E-state index is 0.445. The molecule has 4 heterocycles. The minimum absolute atomic E-state index is 0.445. The molecule has 0 amide bonds. The molecular formula is C69H44N6. The molecule has 0 fully saturated rings. The van der Waals surface area contributed by atoms with Gasteiger partial charge in [-0.3, -0.25) is 4.98 Å². The lowest BCUT2D eigenvalue weighted by Crippen LogP contribution is -2.03. The third kappa shape index (κ3) is 8.21. The second-order valence-corrected chi connectivity index (χ2v) is 19.1. The fraction of sp³-hybridized carbons (Fsp3) is 0.0145. The summed E-state index contributed by atoms with van der Waals surface area (Å²) in [6.45, 7) is 2.06. The molecule has 0 unspecified atom stereocenters. The maximum Gasteiger partial charge on any atom is 0.182 e. The summed E-state index contributed by atoms with van der Waals surface area (Å²) < 4.78 is 0. The van der Waals surface area contributed by atoms with E-state index < -0.39 is 0 Å². The lowest BCUT2D eigenvalue weighted by Gasteiger charge is -2.15. The van der Waals surface area contributed by atoms with Crippen LogP contribution < -0.4 is 0 Å². The third-order valence-electron chi connectivity index (χ3n) is 14.3. The zero-order valence-corrected chi connectivity index (χ0v) is 40.9. The number of hydrogen-bond acceptors (Lipinski definition) is 6. The Morgan fingerprint density at radius 3 is 1.31 bits per heavy atom. The molecule has 0 saturated heterocycles. The first kappa shape index (κ1) is 43.7. The molecule has 0 aliphatic heterocycles. The van der Waals surface area contributed by atoms with Gasteiger partial charge in [0, 0.05) is 33.3 Å². The Kier molecular flexibility index (Phi) is 10.6. The largest absolute Gasteiger partial charge is 0.252 e. The van der Waals surface area contributed by atoms with Crippen LogP contribution in [0.1, 0.15) is 5.69 Å². The van der Waals surface area contributed by atoms with E-state index in [0.29, 0.717) is 28.9 Å². The van der Waals surface area contributed by atoms with E-state index in [1.807, 2.05) is 36.4 Å². The Morgan fingerprint density at radius 2 is 0.680 bits per heavy atom. The quantitative estimate of drug-likeness (QED) is 0.141. The molecule has 0 aliphatic rings. The van der Waals surface area contributed by atoms with Gasteiger partial charge in [0.1, 0.15) is 11.4 Å². The topological polar surface area (TPSA) is 77.3 Å². The van der Waals surface area contributed by atoms with E-state index in [-0.39, 0.29) is 0 Å². The summed E-state index contributed by atoms with van der Waals surface area (Å²) in [7, 11) is 0. The van der Waals surface area contributed by atoms with Crippen LogP contribution in [0.4, 0.5) is 0 Å². The number of hydrogen-bond donors (Lipinski definition) is 0. The highest BCUT2D eigenvalue weighted by molar-refractivity contribution is 6.14. The van der Waals surface area contributed by atoms with Crippen LogP contribution in [0.25, 0.3) is 144 Å². The van der Waals surface area contributed by atoms with Gasteiger partial charge in [-0.2, -0.15) is 0 Å². The second kappa shape index (κ2) is 18.2. The monoisotopic (exact) mass is 956 g/mol. The Morgan fingerprint density at radius 1 is 0.227 bits per heavy atom. The van der Waals surface area contributed by atoms with Crippen molar-refractivity contribution < 1.29 is 0 Å². The van der Waals surface area contributed by atoms with Crippen molar-refractivity contribution in [2.24, 2.45) is 0 Å². The number of benzene rings is 10. The van der Waals surface area contributed by atoms with Crippen LogP contribution in [0.2, 0.25) is 0 Å². The Balaban J connectivity index is 0.970. The van der Waals surface area contributed by atoms with Crippen LogP contribution in [0.5, 0.6) is 0 Å². The molecule has 0 N–H and O–H groups in total. The van der Waals surface area contributed by atoms with Gasteiger partial charge in [-0.05, 0) is 144 Å². The Labute approximate surface area is 433 Å². The fourth-order valence-corrected chi connectivity index (χ4v) is 10.6. The molecule has 0 bridgehead atoms. The summed E-state index contributed by atoms with van der Waals surface area (Å²) in [5.41, 5.74) is 13.0. The van der Waals surface area contributed by atoms with Crippen molar-refractivity contribution in [3.63, 3.8) is 0 Å². The molecule has 0 spiro atoms. The molecule has 75 heavy (non-hydrogen) atoms. The van der Waals surface area contributed by atoms with Gasteiger partial charge in [0.15, 0.2) is 17.5 Å². The van der Waals surface area contributed by atoms with Crippen molar-refractivity contribution in [2.75, 3.05) is 0 Å². The van der Waals surface area contributed by atoms with Gasteiger partial charge >= 0.3 is 0 Å². The number of fused-ring (bicyclic) bond motifs is 6. The molecule has 14 aromatic rings. The van der Waals surface area contributed by atoms with E-state index >= 15 is 0 Å². The SMILES string of the molecule is Cc1cc2ccccc2c(-c2ccc(-c3cc(-c4nc(-c5cccc(-c6ccc7ccccc7c6)n5)nc(-c5cccc(-c6ccc7ccccc7c6)n5)n4)cc(-c4cc5ccccc5c5ccccc45)c3)cc2)n1. The van der Waals surface area contributed by atoms with E-state index in [4.69, 9.17) is 29.9 Å². The molecule has 0 radical (unpaired) electrons. The molecule has 4 aromatic heterocycles. The number of aromatic nitrogens is 6. The molecule has 0 atom stereocenters. The van der Waals surface area contributed by atoms with E-state index in [0.717, 1.165) is 88.8 Å². The predicted octanol–water partition coefficient (Wildman–Crippen LogP) is 17.5. The van der Waals surface area contributed by atoms with Crippen molar-refractivity contribution in [1.82, 2.24) is 29.9 Å². The summed E-state index contributed by atoms with van der Waals surface area (Å²) >= 11 is 0. The molecule has 0 saturated carbocycles. The molecule has 14 rings (SSSR count). The van der Waals surface area contributed by atoms with Crippen LogP contribution in [0.3, 0.4) is 0 Å². The van der Waals surface area contributed by atoms with Gasteiger partial charge in [0.05, 0.1) is 17.1 Å². The predicted molar refractivity (Wildman–Crippen MR) is 309 cm³/mol. The molecule has 350 valence electrons. The van der Waals surface area contributed by atoms with Crippen molar-refractivity contribution >= 4 is 53.9 Å². The molecule has 6 nitrogen and oxygen atoms in total. The highest BCUT2D eigenvalue weighted by atomic mass is 15.1. The van der Waals surface area contributed by atoms with Crippen LogP contribution in [0.15, 0.2) is 249 Å². The highest BCUT2D eigenvalue weighted by Crippen LogP contribution is 2.40. The first-order valence-corrected chi connectivity index (χ1v) is 25.2. The zero-order chi connectivity index (χ0) is 49.8. The maximum atomic E-state index is 5.35. The second-order valence-electron chi connectivity index (χ2n) is 19.1. The van der Waals surface area contributed by atoms with Crippen LogP contribution in [-0.4, -0.2) is 29.9 Å². The average molecular weight is 957 g/mol.